The number of aliphatic imine (C=N–C) groups is 1. The molecule has 0 aliphatic carbocycles. The second-order valence-corrected chi connectivity index (χ2v) is 5.33. The molecule has 19 heavy (non-hydrogen) atoms. The van der Waals surface area contributed by atoms with Gasteiger partial charge in [0.1, 0.15) is 5.84 Å². The van der Waals surface area contributed by atoms with Gasteiger partial charge in [0.15, 0.2) is 0 Å². The first-order valence-corrected chi connectivity index (χ1v) is 7.42. The van der Waals surface area contributed by atoms with E-state index in [1.165, 1.54) is 5.70 Å². The van der Waals surface area contributed by atoms with Crippen molar-refractivity contribution in [3.63, 3.8) is 0 Å². The van der Waals surface area contributed by atoms with Crippen LogP contribution in [-0.4, -0.2) is 24.3 Å². The van der Waals surface area contributed by atoms with Crippen LogP contribution < -0.4 is 0 Å². The van der Waals surface area contributed by atoms with E-state index in [0.29, 0.717) is 0 Å². The molecule has 3 heteroatoms. The molecule has 0 radical (unpaired) electrons. The number of hydrogen-bond acceptors (Lipinski definition) is 1. The highest BCUT2D eigenvalue weighted by atomic mass is 79.9. The summed E-state index contributed by atoms with van der Waals surface area (Å²) in [5.41, 5.74) is 2.48. The minimum Gasteiger partial charge on any atom is -0.325 e. The molecule has 0 saturated heterocycles. The molecule has 1 aromatic carbocycles. The van der Waals surface area contributed by atoms with E-state index in [-0.39, 0.29) is 0 Å². The van der Waals surface area contributed by atoms with Crippen LogP contribution in [-0.2, 0) is 0 Å². The molecule has 2 nitrogen and oxygen atoms in total. The van der Waals surface area contributed by atoms with Crippen molar-refractivity contribution < 1.29 is 0 Å². The van der Waals surface area contributed by atoms with E-state index in [1.54, 1.807) is 0 Å². The molecular formula is C16H19BrN2. The average molecular weight is 319 g/mol. The first kappa shape index (κ1) is 14.1. The molecule has 0 bridgehead atoms. The SMILES string of the molecule is CCCC1=C(Br)C=CCN1C(=NC)c1ccccc1. The predicted octanol–water partition coefficient (Wildman–Crippen LogP) is 4.34. The summed E-state index contributed by atoms with van der Waals surface area (Å²) in [6, 6.07) is 10.4. The highest BCUT2D eigenvalue weighted by Crippen LogP contribution is 2.27. The normalized spacial score (nSPS) is 16.2. The minimum absolute atomic E-state index is 0.881. The molecule has 0 atom stereocenters. The Bertz CT molecular complexity index is 515. The van der Waals surface area contributed by atoms with Crippen LogP contribution in [0.4, 0.5) is 0 Å². The topological polar surface area (TPSA) is 15.6 Å². The van der Waals surface area contributed by atoms with Gasteiger partial charge < -0.3 is 4.90 Å². The Balaban J connectivity index is 2.37. The molecule has 2 rings (SSSR count). The lowest BCUT2D eigenvalue weighted by atomic mass is 10.1. The lowest BCUT2D eigenvalue weighted by Gasteiger charge is -2.30. The average Bonchev–Trinajstić information content (AvgIpc) is 2.44. The van der Waals surface area contributed by atoms with Crippen molar-refractivity contribution in [1.29, 1.82) is 0 Å². The monoisotopic (exact) mass is 318 g/mol. The number of allylic oxidation sites excluding steroid dienone is 3. The van der Waals surface area contributed by atoms with Crippen molar-refractivity contribution in [2.24, 2.45) is 4.99 Å². The van der Waals surface area contributed by atoms with E-state index in [1.807, 2.05) is 13.1 Å². The molecule has 1 aromatic rings. The molecule has 0 saturated carbocycles. The van der Waals surface area contributed by atoms with Gasteiger partial charge in [-0.15, -0.1) is 0 Å². The van der Waals surface area contributed by atoms with Crippen LogP contribution in [0.1, 0.15) is 25.3 Å². The van der Waals surface area contributed by atoms with Gasteiger partial charge in [-0.25, -0.2) is 0 Å². The molecule has 0 unspecified atom stereocenters. The summed E-state index contributed by atoms with van der Waals surface area (Å²) >= 11 is 3.66. The molecule has 100 valence electrons. The number of benzene rings is 1. The summed E-state index contributed by atoms with van der Waals surface area (Å²) in [6.45, 7) is 3.08. The van der Waals surface area contributed by atoms with E-state index in [4.69, 9.17) is 0 Å². The third kappa shape index (κ3) is 3.16. The summed E-state index contributed by atoms with van der Waals surface area (Å²) in [5.74, 6) is 1.03. The van der Waals surface area contributed by atoms with E-state index in [2.05, 4.69) is 69.2 Å². The van der Waals surface area contributed by atoms with E-state index in [9.17, 15) is 0 Å². The molecule has 0 fully saturated rings. The van der Waals surface area contributed by atoms with Gasteiger partial charge >= 0.3 is 0 Å². The van der Waals surface area contributed by atoms with Crippen LogP contribution in [0.15, 0.2) is 57.7 Å². The molecule has 0 amide bonds. The minimum atomic E-state index is 0.881. The van der Waals surface area contributed by atoms with Gasteiger partial charge in [-0.1, -0.05) is 49.8 Å². The van der Waals surface area contributed by atoms with Gasteiger partial charge in [0.2, 0.25) is 0 Å². The molecule has 1 heterocycles. The number of halogens is 1. The van der Waals surface area contributed by atoms with Gasteiger partial charge in [-0.2, -0.15) is 0 Å². The van der Waals surface area contributed by atoms with E-state index < -0.39 is 0 Å². The first-order chi connectivity index (χ1) is 9.27. The van der Waals surface area contributed by atoms with E-state index >= 15 is 0 Å². The zero-order valence-corrected chi connectivity index (χ0v) is 13.0. The van der Waals surface area contributed by atoms with Crippen LogP contribution >= 0.6 is 15.9 Å². The Morgan fingerprint density at radius 1 is 1.32 bits per heavy atom. The standard InChI is InChI=1S/C16H19BrN2/c1-3-8-15-14(17)11-7-12-19(15)16(18-2)13-9-5-4-6-10-13/h4-7,9-11H,3,8,12H2,1-2H3. The Morgan fingerprint density at radius 3 is 2.68 bits per heavy atom. The predicted molar refractivity (Wildman–Crippen MR) is 85.6 cm³/mol. The van der Waals surface area contributed by atoms with Gasteiger partial charge in [0, 0.05) is 29.3 Å². The fourth-order valence-electron chi connectivity index (χ4n) is 2.30. The maximum atomic E-state index is 4.50. The summed E-state index contributed by atoms with van der Waals surface area (Å²) in [4.78, 5) is 6.80. The quantitative estimate of drug-likeness (QED) is 0.598. The van der Waals surface area contributed by atoms with Crippen LogP contribution in [0.3, 0.4) is 0 Å². The molecule has 1 aliphatic rings. The lowest BCUT2D eigenvalue weighted by molar-refractivity contribution is 0.528. The second kappa shape index (κ2) is 6.71. The van der Waals surface area contributed by atoms with Crippen LogP contribution in [0.5, 0.6) is 0 Å². The number of hydrogen-bond donors (Lipinski definition) is 0. The van der Waals surface area contributed by atoms with Crippen LogP contribution in [0.2, 0.25) is 0 Å². The Hall–Kier alpha value is -1.35. The third-order valence-electron chi connectivity index (χ3n) is 3.14. The Morgan fingerprint density at radius 2 is 2.05 bits per heavy atom. The maximum absolute atomic E-state index is 4.50. The largest absolute Gasteiger partial charge is 0.325 e. The van der Waals surface area contributed by atoms with Crippen LogP contribution in [0, 0.1) is 0 Å². The smallest absolute Gasteiger partial charge is 0.135 e. The highest BCUT2D eigenvalue weighted by Gasteiger charge is 2.20. The van der Waals surface area contributed by atoms with Crippen molar-refractivity contribution in [3.8, 4) is 0 Å². The van der Waals surface area contributed by atoms with Gasteiger partial charge in [0.05, 0.1) is 0 Å². The van der Waals surface area contributed by atoms with E-state index in [0.717, 1.165) is 35.3 Å². The number of amidine groups is 1. The summed E-state index contributed by atoms with van der Waals surface area (Å²) < 4.78 is 1.16. The van der Waals surface area contributed by atoms with Crippen molar-refractivity contribution in [2.45, 2.75) is 19.8 Å². The number of rotatable bonds is 3. The van der Waals surface area contributed by atoms with Gasteiger partial charge in [-0.3, -0.25) is 4.99 Å². The van der Waals surface area contributed by atoms with Gasteiger partial charge in [-0.05, 0) is 28.4 Å². The Labute approximate surface area is 123 Å². The number of nitrogens with zero attached hydrogens (tertiary/aromatic N) is 2. The fourth-order valence-corrected chi connectivity index (χ4v) is 2.89. The maximum Gasteiger partial charge on any atom is 0.135 e. The summed E-state index contributed by atoms with van der Waals surface area (Å²) in [5, 5.41) is 0. The molecule has 0 spiro atoms. The fraction of sp³-hybridized carbons (Fsp3) is 0.312. The van der Waals surface area contributed by atoms with Gasteiger partial charge in [0.25, 0.3) is 0 Å². The molecular weight excluding hydrogens is 300 g/mol. The Kier molecular flexibility index (Phi) is 4.97. The van der Waals surface area contributed by atoms with Crippen molar-refractivity contribution in [2.75, 3.05) is 13.6 Å². The zero-order chi connectivity index (χ0) is 13.7. The van der Waals surface area contributed by atoms with Crippen molar-refractivity contribution in [3.05, 3.63) is 58.2 Å². The zero-order valence-electron chi connectivity index (χ0n) is 11.4. The van der Waals surface area contributed by atoms with Crippen LogP contribution in [0.25, 0.3) is 0 Å². The third-order valence-corrected chi connectivity index (χ3v) is 3.86. The second-order valence-electron chi connectivity index (χ2n) is 4.47. The van der Waals surface area contributed by atoms with Crippen molar-refractivity contribution >= 4 is 21.8 Å². The highest BCUT2D eigenvalue weighted by molar-refractivity contribution is 9.11. The lowest BCUT2D eigenvalue weighted by Crippen LogP contribution is -2.33. The molecule has 0 aromatic heterocycles. The molecule has 1 aliphatic heterocycles. The first-order valence-electron chi connectivity index (χ1n) is 6.62. The summed E-state index contributed by atoms with van der Waals surface area (Å²) in [7, 11) is 1.86. The summed E-state index contributed by atoms with van der Waals surface area (Å²) in [6.07, 6.45) is 6.48. The van der Waals surface area contributed by atoms with Crippen molar-refractivity contribution in [1.82, 2.24) is 4.90 Å². The molecule has 0 N–H and O–H groups in total.